The number of esters is 1. The molecule has 1 aromatic carbocycles. The van der Waals surface area contributed by atoms with Crippen molar-refractivity contribution in [3.05, 3.63) is 68.9 Å². The van der Waals surface area contributed by atoms with Crippen molar-refractivity contribution in [3.63, 3.8) is 0 Å². The summed E-state index contributed by atoms with van der Waals surface area (Å²) in [5.74, 6) is -2.31. The van der Waals surface area contributed by atoms with Crippen LogP contribution in [0.4, 0.5) is 0 Å². The van der Waals surface area contributed by atoms with Crippen LogP contribution < -0.4 is 0 Å². The van der Waals surface area contributed by atoms with E-state index in [-0.39, 0.29) is 0 Å². The van der Waals surface area contributed by atoms with E-state index in [1.807, 2.05) is 36.4 Å². The largest absolute Gasteiger partial charge is 0.454 e. The zero-order valence-electron chi connectivity index (χ0n) is 16.2. The Hall–Kier alpha value is -3.28. The fourth-order valence-electron chi connectivity index (χ4n) is 2.64. The molecule has 0 aliphatic heterocycles. The number of carbonyl (C=O) groups is 2. The number of nitriles is 1. The molecule has 1 atom stereocenters. The van der Waals surface area contributed by atoms with Crippen molar-refractivity contribution in [3.8, 4) is 11.8 Å². The normalized spacial score (nSPS) is 11.9. The van der Waals surface area contributed by atoms with E-state index >= 15 is 0 Å². The van der Waals surface area contributed by atoms with Crippen molar-refractivity contribution in [1.82, 2.24) is 14.8 Å². The van der Waals surface area contributed by atoms with Gasteiger partial charge in [-0.25, -0.2) is 14.5 Å². The van der Waals surface area contributed by atoms with Crippen LogP contribution in [0.1, 0.15) is 27.9 Å². The Labute approximate surface area is 182 Å². The first kappa shape index (κ1) is 21.4. The second kappa shape index (κ2) is 9.48. The van der Waals surface area contributed by atoms with E-state index in [4.69, 9.17) is 16.3 Å². The number of carbonyl (C=O) groups excluding carboxylic acids is 2. The van der Waals surface area contributed by atoms with E-state index in [0.717, 1.165) is 11.4 Å². The number of ketones is 1. The molecule has 152 valence electrons. The summed E-state index contributed by atoms with van der Waals surface area (Å²) in [5, 5.41) is 16.1. The van der Waals surface area contributed by atoms with Crippen molar-refractivity contribution >= 4 is 40.8 Å². The highest BCUT2D eigenvalue weighted by atomic mass is 35.5. The monoisotopic (exact) mass is 440 g/mol. The summed E-state index contributed by atoms with van der Waals surface area (Å²) in [6.07, 6.45) is 2.66. The Morgan fingerprint density at radius 1 is 1.33 bits per heavy atom. The van der Waals surface area contributed by atoms with Crippen LogP contribution in [0.15, 0.2) is 41.8 Å². The van der Waals surface area contributed by atoms with E-state index in [9.17, 15) is 14.9 Å². The maximum Gasteiger partial charge on any atom is 0.331 e. The lowest BCUT2D eigenvalue weighted by atomic mass is 10.1. The summed E-state index contributed by atoms with van der Waals surface area (Å²) in [6.45, 7) is 3.03. The lowest BCUT2D eigenvalue weighted by molar-refractivity contribution is -0.143. The van der Waals surface area contributed by atoms with Crippen molar-refractivity contribution in [2.24, 2.45) is 0 Å². The average molecular weight is 441 g/mol. The van der Waals surface area contributed by atoms with Crippen LogP contribution in [0.25, 0.3) is 11.8 Å². The topological polar surface area (TPSA) is 97.9 Å². The summed E-state index contributed by atoms with van der Waals surface area (Å²) < 4.78 is 6.56. The van der Waals surface area contributed by atoms with Gasteiger partial charge in [0.1, 0.15) is 10.2 Å². The average Bonchev–Trinajstić information content (AvgIpc) is 3.29. The van der Waals surface area contributed by atoms with Gasteiger partial charge in [-0.15, -0.1) is 11.3 Å². The van der Waals surface area contributed by atoms with Crippen LogP contribution in [0.3, 0.4) is 0 Å². The molecule has 3 aromatic rings. The molecule has 0 aliphatic carbocycles. The number of aryl methyl sites for hydroxylation is 2. The van der Waals surface area contributed by atoms with Crippen LogP contribution >= 0.6 is 22.9 Å². The number of Topliss-reactive ketones (excluding diaryl/α,β-unsaturated/α-hetero) is 1. The van der Waals surface area contributed by atoms with Gasteiger partial charge in [0.25, 0.3) is 0 Å². The molecule has 0 fully saturated rings. The van der Waals surface area contributed by atoms with Gasteiger partial charge in [-0.2, -0.15) is 10.4 Å². The highest BCUT2D eigenvalue weighted by molar-refractivity contribution is 7.09. The Balaban J connectivity index is 1.65. The molecule has 2 heterocycles. The molecule has 9 heteroatoms. The lowest BCUT2D eigenvalue weighted by Gasteiger charge is -2.05. The van der Waals surface area contributed by atoms with Crippen molar-refractivity contribution in [2.45, 2.75) is 19.8 Å². The molecule has 0 aliphatic rings. The van der Waals surface area contributed by atoms with E-state index in [1.54, 1.807) is 23.9 Å². The summed E-state index contributed by atoms with van der Waals surface area (Å²) in [7, 11) is 0. The molecule has 30 heavy (non-hydrogen) atoms. The standard InChI is InChI=1S/C21H17ClN4O3S/c1-13-12-30-21(24-13)17(10-23)18(27)11-29-19(28)9-8-16-14(2)25-26(20(16)22)15-6-4-3-5-7-15/h3-9,12,17H,11H2,1-2H3/b9-8+. The molecule has 0 radical (unpaired) electrons. The molecule has 0 saturated carbocycles. The zero-order chi connectivity index (χ0) is 21.7. The number of benzene rings is 1. The van der Waals surface area contributed by atoms with Gasteiger partial charge in [-0.3, -0.25) is 4.79 Å². The second-order valence-electron chi connectivity index (χ2n) is 6.33. The van der Waals surface area contributed by atoms with Gasteiger partial charge in [-0.05, 0) is 32.1 Å². The highest BCUT2D eigenvalue weighted by Crippen LogP contribution is 2.25. The predicted octanol–water partition coefficient (Wildman–Crippen LogP) is 4.03. The van der Waals surface area contributed by atoms with Gasteiger partial charge in [0.05, 0.1) is 17.5 Å². The minimum atomic E-state index is -1.05. The number of thiazole rings is 1. The zero-order valence-corrected chi connectivity index (χ0v) is 17.8. The van der Waals surface area contributed by atoms with Crippen molar-refractivity contribution in [2.75, 3.05) is 6.61 Å². The smallest absolute Gasteiger partial charge is 0.331 e. The van der Waals surface area contributed by atoms with E-state index in [2.05, 4.69) is 10.1 Å². The SMILES string of the molecule is Cc1csc(C(C#N)C(=O)COC(=O)/C=C/c2c(C)nn(-c3ccccc3)c2Cl)n1. The Bertz CT molecular complexity index is 1140. The molecule has 0 amide bonds. The van der Waals surface area contributed by atoms with Gasteiger partial charge in [-0.1, -0.05) is 29.8 Å². The number of rotatable bonds is 7. The van der Waals surface area contributed by atoms with Gasteiger partial charge in [0.15, 0.2) is 18.3 Å². The summed E-state index contributed by atoms with van der Waals surface area (Å²) in [5.41, 5.74) is 2.72. The summed E-state index contributed by atoms with van der Waals surface area (Å²) in [6, 6.07) is 11.3. The molecule has 0 saturated heterocycles. The minimum Gasteiger partial charge on any atom is -0.454 e. The van der Waals surface area contributed by atoms with E-state index in [1.165, 1.54) is 23.5 Å². The molecule has 0 N–H and O–H groups in total. The molecular formula is C21H17ClN4O3S. The maximum atomic E-state index is 12.2. The van der Waals surface area contributed by atoms with E-state index < -0.39 is 24.3 Å². The van der Waals surface area contributed by atoms with Crippen LogP contribution in [-0.4, -0.2) is 33.1 Å². The molecule has 3 rings (SSSR count). The van der Waals surface area contributed by atoms with Crippen LogP contribution in [0, 0.1) is 25.2 Å². The van der Waals surface area contributed by atoms with Crippen molar-refractivity contribution in [1.29, 1.82) is 5.26 Å². The predicted molar refractivity (Wildman–Crippen MR) is 114 cm³/mol. The molecule has 1 unspecified atom stereocenters. The van der Waals surface area contributed by atoms with Crippen LogP contribution in [-0.2, 0) is 14.3 Å². The molecule has 7 nitrogen and oxygen atoms in total. The third-order valence-corrected chi connectivity index (χ3v) is 5.52. The number of hydrogen-bond donors (Lipinski definition) is 0. The first-order chi connectivity index (χ1) is 14.4. The quantitative estimate of drug-likeness (QED) is 0.406. The molecule has 2 aromatic heterocycles. The fraction of sp³-hybridized carbons (Fsp3) is 0.190. The molecule has 0 bridgehead atoms. The number of nitrogens with zero attached hydrogens (tertiary/aromatic N) is 4. The Morgan fingerprint density at radius 3 is 2.70 bits per heavy atom. The number of halogens is 1. The highest BCUT2D eigenvalue weighted by Gasteiger charge is 2.24. The second-order valence-corrected chi connectivity index (χ2v) is 7.58. The minimum absolute atomic E-state index is 0.350. The number of ether oxygens (including phenoxy) is 1. The Kier molecular flexibility index (Phi) is 6.77. The first-order valence-corrected chi connectivity index (χ1v) is 10.2. The summed E-state index contributed by atoms with van der Waals surface area (Å²) >= 11 is 7.63. The van der Waals surface area contributed by atoms with Crippen LogP contribution in [0.2, 0.25) is 5.15 Å². The molecule has 0 spiro atoms. The first-order valence-electron chi connectivity index (χ1n) is 8.90. The van der Waals surface area contributed by atoms with E-state index in [0.29, 0.717) is 21.4 Å². The van der Waals surface area contributed by atoms with Crippen molar-refractivity contribution < 1.29 is 14.3 Å². The third-order valence-electron chi connectivity index (χ3n) is 4.13. The molecular weight excluding hydrogens is 424 g/mol. The van der Waals surface area contributed by atoms with Gasteiger partial charge < -0.3 is 4.74 Å². The number of aromatic nitrogens is 3. The number of hydrogen-bond acceptors (Lipinski definition) is 7. The Morgan fingerprint density at radius 2 is 2.07 bits per heavy atom. The maximum absolute atomic E-state index is 12.2. The lowest BCUT2D eigenvalue weighted by Crippen LogP contribution is -2.19. The number of para-hydroxylation sites is 1. The van der Waals surface area contributed by atoms with Gasteiger partial charge >= 0.3 is 5.97 Å². The van der Waals surface area contributed by atoms with Crippen LogP contribution in [0.5, 0.6) is 0 Å². The van der Waals surface area contributed by atoms with Gasteiger partial charge in [0.2, 0.25) is 0 Å². The fourth-order valence-corrected chi connectivity index (χ4v) is 3.83. The summed E-state index contributed by atoms with van der Waals surface area (Å²) in [4.78, 5) is 28.4. The third kappa shape index (κ3) is 4.82. The van der Waals surface area contributed by atoms with Gasteiger partial charge in [0, 0.05) is 22.7 Å².